The largest absolute Gasteiger partial charge is 0.508 e. The Labute approximate surface area is 283 Å². The number of likely N-dealkylation sites (tertiary alicyclic amines) is 1. The molecule has 11 heteroatoms. The van der Waals surface area contributed by atoms with Gasteiger partial charge in [0.05, 0.1) is 6.04 Å². The van der Waals surface area contributed by atoms with Gasteiger partial charge >= 0.3 is 6.03 Å². The van der Waals surface area contributed by atoms with E-state index in [0.29, 0.717) is 19.4 Å². The monoisotopic (exact) mass is 663 g/mol. The molecule has 4 aliphatic carbocycles. The maximum Gasteiger partial charge on any atom is 0.315 e. The molecule has 0 bridgehead atoms. The average molecular weight is 664 g/mol. The van der Waals surface area contributed by atoms with Gasteiger partial charge in [-0.3, -0.25) is 19.2 Å². The van der Waals surface area contributed by atoms with E-state index < -0.39 is 41.3 Å². The Balaban J connectivity index is 1.21. The Morgan fingerprint density at radius 2 is 1.65 bits per heavy atom. The van der Waals surface area contributed by atoms with Gasteiger partial charge in [-0.15, -0.1) is 0 Å². The van der Waals surface area contributed by atoms with Crippen LogP contribution in [0.15, 0.2) is 24.3 Å². The van der Waals surface area contributed by atoms with Gasteiger partial charge in [0.2, 0.25) is 17.6 Å². The van der Waals surface area contributed by atoms with E-state index in [0.717, 1.165) is 82.6 Å². The molecule has 5 aliphatic rings. The lowest BCUT2D eigenvalue weighted by molar-refractivity contribution is -0.144. The van der Waals surface area contributed by atoms with Crippen LogP contribution in [0.3, 0.4) is 0 Å². The van der Waals surface area contributed by atoms with Gasteiger partial charge < -0.3 is 31.7 Å². The van der Waals surface area contributed by atoms with E-state index >= 15 is 0 Å². The van der Waals surface area contributed by atoms with Crippen LogP contribution in [-0.2, 0) is 25.6 Å². The number of benzene rings is 1. The first kappa shape index (κ1) is 34.2. The molecule has 6 N–H and O–H groups in total. The normalized spacial score (nSPS) is 27.2. The predicted molar refractivity (Wildman–Crippen MR) is 179 cm³/mol. The van der Waals surface area contributed by atoms with Gasteiger partial charge in [0.1, 0.15) is 17.8 Å². The van der Waals surface area contributed by atoms with Gasteiger partial charge in [-0.25, -0.2) is 4.79 Å². The van der Waals surface area contributed by atoms with Crippen LogP contribution in [0.25, 0.3) is 0 Å². The standard InChI is InChI=1S/C37H53N5O6/c1-36(2)26-21-42(30(28(26)36)33(46)39-27(19-22-14-15-22)31(44)32(38)45)34(47)29(24-11-5-3-6-12-24)40-35(48)41-37(16-7-4-8-17-37)20-23-10-9-13-25(43)18-23/h9-10,13,18,22,24,26-30,43H,3-8,11-12,14-17,19-21H2,1-2H3,(H2,38,45)(H,39,46)(H2,40,41,48)/t26-,27?,28-,29-,30-/m0/s1. The number of fused-ring (bicyclic) bond motifs is 1. The Hall–Kier alpha value is -3.63. The molecule has 5 amide bonds. The van der Waals surface area contributed by atoms with Gasteiger partial charge in [-0.05, 0) is 85.3 Å². The Morgan fingerprint density at radius 3 is 2.29 bits per heavy atom. The SMILES string of the molecule is CC1(C)[C@@H]2[C@@H](C(=O)NC(CC3CC3)C(=O)C(N)=O)N(C(=O)[C@@H](NC(=O)NC3(Cc4cccc(O)c4)CCCCC3)C3CCCCC3)C[C@@H]21. The van der Waals surface area contributed by atoms with Crippen molar-refractivity contribution in [2.24, 2.45) is 34.8 Å². The quantitative estimate of drug-likeness (QED) is 0.214. The molecule has 1 saturated heterocycles. The summed E-state index contributed by atoms with van der Waals surface area (Å²) in [7, 11) is 0. The Kier molecular flexibility index (Phi) is 9.78. The van der Waals surface area contributed by atoms with Crippen molar-refractivity contribution in [2.75, 3.05) is 6.54 Å². The number of hydrogen-bond donors (Lipinski definition) is 5. The number of hydrogen-bond acceptors (Lipinski definition) is 6. The molecule has 5 atom stereocenters. The molecule has 0 radical (unpaired) electrons. The van der Waals surface area contributed by atoms with Crippen molar-refractivity contribution in [3.8, 4) is 5.75 Å². The summed E-state index contributed by atoms with van der Waals surface area (Å²) in [5, 5.41) is 19.3. The highest BCUT2D eigenvalue weighted by atomic mass is 16.3. The van der Waals surface area contributed by atoms with Gasteiger partial charge in [-0.2, -0.15) is 0 Å². The first-order valence-electron chi connectivity index (χ1n) is 18.2. The van der Waals surface area contributed by atoms with E-state index in [-0.39, 0.29) is 46.8 Å². The third-order valence-corrected chi connectivity index (χ3v) is 12.2. The minimum Gasteiger partial charge on any atom is -0.508 e. The molecular weight excluding hydrogens is 610 g/mol. The lowest BCUT2D eigenvalue weighted by Crippen LogP contribution is -2.62. The minimum atomic E-state index is -1.07. The number of nitrogens with zero attached hydrogens (tertiary/aromatic N) is 1. The van der Waals surface area contributed by atoms with E-state index in [4.69, 9.17) is 5.73 Å². The number of urea groups is 1. The van der Waals surface area contributed by atoms with Crippen molar-refractivity contribution in [1.29, 1.82) is 0 Å². The number of ketones is 1. The summed E-state index contributed by atoms with van der Waals surface area (Å²) in [5.41, 5.74) is 5.65. The van der Waals surface area contributed by atoms with Crippen molar-refractivity contribution in [3.63, 3.8) is 0 Å². The van der Waals surface area contributed by atoms with Crippen molar-refractivity contribution in [2.45, 2.75) is 127 Å². The summed E-state index contributed by atoms with van der Waals surface area (Å²) in [6.45, 7) is 4.60. The van der Waals surface area contributed by atoms with Crippen LogP contribution >= 0.6 is 0 Å². The van der Waals surface area contributed by atoms with Crippen LogP contribution in [0.2, 0.25) is 0 Å². The number of phenols is 1. The average Bonchev–Trinajstić information content (AvgIpc) is 3.91. The molecule has 1 heterocycles. The summed E-state index contributed by atoms with van der Waals surface area (Å²) < 4.78 is 0. The van der Waals surface area contributed by atoms with Crippen molar-refractivity contribution in [3.05, 3.63) is 29.8 Å². The number of nitrogens with two attached hydrogens (primary N) is 1. The summed E-state index contributed by atoms with van der Waals surface area (Å²) >= 11 is 0. The second-order valence-corrected chi connectivity index (χ2v) is 16.0. The van der Waals surface area contributed by atoms with Crippen molar-refractivity contribution in [1.82, 2.24) is 20.9 Å². The molecule has 0 spiro atoms. The zero-order valence-electron chi connectivity index (χ0n) is 28.5. The third-order valence-electron chi connectivity index (χ3n) is 12.2. The maximum absolute atomic E-state index is 14.6. The first-order valence-corrected chi connectivity index (χ1v) is 18.2. The molecule has 48 heavy (non-hydrogen) atoms. The van der Waals surface area contributed by atoms with Gasteiger partial charge in [-0.1, -0.05) is 77.3 Å². The van der Waals surface area contributed by atoms with E-state index in [9.17, 15) is 29.1 Å². The van der Waals surface area contributed by atoms with Crippen LogP contribution in [0.5, 0.6) is 5.75 Å². The van der Waals surface area contributed by atoms with Crippen molar-refractivity contribution < 1.29 is 29.1 Å². The molecule has 4 saturated carbocycles. The Bertz CT molecular complexity index is 1410. The lowest BCUT2D eigenvalue weighted by Gasteiger charge is -2.40. The fourth-order valence-electron chi connectivity index (χ4n) is 9.24. The number of primary amides is 1. The van der Waals surface area contributed by atoms with Crippen LogP contribution < -0.4 is 21.7 Å². The molecule has 11 nitrogen and oxygen atoms in total. The summed E-state index contributed by atoms with van der Waals surface area (Å²) in [5.74, 6) is -2.13. The van der Waals surface area contributed by atoms with Crippen LogP contribution in [-0.4, -0.2) is 69.8 Å². The van der Waals surface area contributed by atoms with Crippen LogP contribution in [0.1, 0.15) is 103 Å². The maximum atomic E-state index is 14.6. The second kappa shape index (κ2) is 13.7. The van der Waals surface area contributed by atoms with Gasteiger partial charge in [0.15, 0.2) is 0 Å². The zero-order valence-corrected chi connectivity index (χ0v) is 28.5. The molecule has 1 aliphatic heterocycles. The number of aromatic hydroxyl groups is 1. The number of amides is 5. The second-order valence-electron chi connectivity index (χ2n) is 16.0. The number of carbonyl (C=O) groups is 5. The fraction of sp³-hybridized carbons (Fsp3) is 0.703. The number of piperidine rings is 1. The lowest BCUT2D eigenvalue weighted by atomic mass is 9.77. The highest BCUT2D eigenvalue weighted by molar-refractivity contribution is 6.37. The number of rotatable bonds is 12. The molecule has 262 valence electrons. The summed E-state index contributed by atoms with van der Waals surface area (Å²) in [4.78, 5) is 68.8. The number of carbonyl (C=O) groups excluding carboxylic acids is 5. The van der Waals surface area contributed by atoms with Gasteiger partial charge in [0, 0.05) is 12.1 Å². The van der Waals surface area contributed by atoms with Crippen LogP contribution in [0.4, 0.5) is 4.79 Å². The molecule has 1 unspecified atom stereocenters. The van der Waals surface area contributed by atoms with E-state index in [1.165, 1.54) is 0 Å². The minimum absolute atomic E-state index is 0.0573. The van der Waals surface area contributed by atoms with Crippen molar-refractivity contribution >= 4 is 29.5 Å². The third kappa shape index (κ3) is 7.34. The molecule has 0 aromatic heterocycles. The van der Waals surface area contributed by atoms with E-state index in [1.54, 1.807) is 17.0 Å². The Morgan fingerprint density at radius 1 is 0.958 bits per heavy atom. The highest BCUT2D eigenvalue weighted by Crippen LogP contribution is 2.65. The highest BCUT2D eigenvalue weighted by Gasteiger charge is 2.69. The number of nitrogens with one attached hydrogen (secondary N) is 3. The van der Waals surface area contributed by atoms with E-state index in [1.807, 2.05) is 12.1 Å². The fourth-order valence-corrected chi connectivity index (χ4v) is 9.24. The zero-order chi connectivity index (χ0) is 34.2. The topological polar surface area (TPSA) is 171 Å². The van der Waals surface area contributed by atoms with E-state index in [2.05, 4.69) is 29.8 Å². The molecule has 1 aromatic rings. The first-order chi connectivity index (χ1) is 22.9. The molecule has 5 fully saturated rings. The molecular formula is C37H53N5O6. The predicted octanol–water partition coefficient (Wildman–Crippen LogP) is 3.71. The van der Waals surface area contributed by atoms with Gasteiger partial charge in [0.25, 0.3) is 5.91 Å². The number of Topliss-reactive ketones (excluding diaryl/α,β-unsaturated/α-hetero) is 1. The molecule has 1 aromatic carbocycles. The molecule has 6 rings (SSSR count). The summed E-state index contributed by atoms with van der Waals surface area (Å²) in [6, 6.07) is 4.16. The summed E-state index contributed by atoms with van der Waals surface area (Å²) in [6.07, 6.45) is 12.1. The number of phenolic OH excluding ortho intramolecular Hbond substituents is 1. The smallest absolute Gasteiger partial charge is 0.315 e. The van der Waals surface area contributed by atoms with Crippen LogP contribution in [0, 0.1) is 29.1 Å².